The Morgan fingerprint density at radius 3 is 2.62 bits per heavy atom. The molecule has 3 nitrogen and oxygen atoms in total. The largest absolute Gasteiger partial charge is 0.292 e. The average molecular weight is 285 g/mol. The molecular formula is C12H17BrN2O. The van der Waals surface area contributed by atoms with Gasteiger partial charge in [-0.05, 0) is 39.7 Å². The molecule has 0 bridgehead atoms. The molecule has 0 amide bonds. The van der Waals surface area contributed by atoms with Gasteiger partial charge in [-0.15, -0.1) is 0 Å². The van der Waals surface area contributed by atoms with Gasteiger partial charge in [0.15, 0.2) is 5.78 Å². The summed E-state index contributed by atoms with van der Waals surface area (Å²) in [6.45, 7) is 6.21. The summed E-state index contributed by atoms with van der Waals surface area (Å²) in [5, 5.41) is 4.95. The molecule has 88 valence electrons. The van der Waals surface area contributed by atoms with Crippen molar-refractivity contribution in [1.29, 1.82) is 0 Å². The van der Waals surface area contributed by atoms with E-state index in [1.54, 1.807) is 0 Å². The Morgan fingerprint density at radius 2 is 2.19 bits per heavy atom. The Labute approximate surface area is 104 Å². The summed E-state index contributed by atoms with van der Waals surface area (Å²) in [5.74, 6) is 0.694. The van der Waals surface area contributed by atoms with Crippen molar-refractivity contribution in [3.8, 4) is 0 Å². The Kier molecular flexibility index (Phi) is 2.95. The number of carbonyl (C=O) groups excluding carboxylic acids is 1. The van der Waals surface area contributed by atoms with E-state index in [1.807, 2.05) is 10.7 Å². The van der Waals surface area contributed by atoms with E-state index in [2.05, 4.69) is 41.8 Å². The van der Waals surface area contributed by atoms with Crippen LogP contribution in [0.15, 0.2) is 6.07 Å². The molecule has 4 heteroatoms. The maximum atomic E-state index is 11.8. The van der Waals surface area contributed by atoms with Crippen molar-refractivity contribution < 1.29 is 4.79 Å². The van der Waals surface area contributed by atoms with Crippen LogP contribution in [-0.2, 0) is 5.54 Å². The Bertz CT molecular complexity index is 413. The number of Topliss-reactive ketones (excluding diaryl/α,β-unsaturated/α-hetero) is 1. The molecule has 1 aliphatic carbocycles. The van der Waals surface area contributed by atoms with Crippen LogP contribution in [0.25, 0.3) is 0 Å². The molecule has 0 radical (unpaired) electrons. The van der Waals surface area contributed by atoms with Crippen molar-refractivity contribution in [1.82, 2.24) is 9.78 Å². The molecule has 0 atom stereocenters. The minimum atomic E-state index is -0.139. The van der Waals surface area contributed by atoms with Gasteiger partial charge in [0.1, 0.15) is 5.69 Å². The van der Waals surface area contributed by atoms with Crippen LogP contribution < -0.4 is 0 Å². The highest BCUT2D eigenvalue weighted by Gasteiger charge is 2.30. The minimum Gasteiger partial charge on any atom is -0.292 e. The van der Waals surface area contributed by atoms with Gasteiger partial charge >= 0.3 is 0 Å². The third kappa shape index (κ3) is 2.21. The van der Waals surface area contributed by atoms with Crippen LogP contribution in [-0.4, -0.2) is 20.9 Å². The molecule has 0 saturated heterocycles. The summed E-state index contributed by atoms with van der Waals surface area (Å²) >= 11 is 3.22. The van der Waals surface area contributed by atoms with Crippen molar-refractivity contribution in [3.63, 3.8) is 0 Å². The van der Waals surface area contributed by atoms with Crippen molar-refractivity contribution >= 4 is 21.7 Å². The lowest BCUT2D eigenvalue weighted by Crippen LogP contribution is -2.27. The van der Waals surface area contributed by atoms with E-state index in [1.165, 1.54) is 12.8 Å². The second-order valence-electron chi connectivity index (χ2n) is 5.37. The van der Waals surface area contributed by atoms with Crippen LogP contribution in [0.1, 0.15) is 55.7 Å². The van der Waals surface area contributed by atoms with E-state index in [0.29, 0.717) is 11.2 Å². The van der Waals surface area contributed by atoms with Gasteiger partial charge in [0.25, 0.3) is 0 Å². The second kappa shape index (κ2) is 3.99. The molecular weight excluding hydrogens is 268 g/mol. The summed E-state index contributed by atoms with van der Waals surface area (Å²) in [6, 6.07) is 1.96. The van der Waals surface area contributed by atoms with Gasteiger partial charge < -0.3 is 0 Å². The molecule has 1 aromatic heterocycles. The van der Waals surface area contributed by atoms with Crippen LogP contribution in [0, 0.1) is 0 Å². The standard InChI is InChI=1S/C12H17BrN2O/c1-12(2,3)15-10(11(16)7-13)6-9(14-15)8-4-5-8/h6,8H,4-5,7H2,1-3H3. The molecule has 0 aliphatic heterocycles. The van der Waals surface area contributed by atoms with Gasteiger partial charge in [-0.1, -0.05) is 15.9 Å². The highest BCUT2D eigenvalue weighted by Crippen LogP contribution is 2.40. The molecule has 1 heterocycles. The van der Waals surface area contributed by atoms with Gasteiger partial charge in [0.2, 0.25) is 0 Å². The summed E-state index contributed by atoms with van der Waals surface area (Å²) in [6.07, 6.45) is 2.42. The van der Waals surface area contributed by atoms with Gasteiger partial charge in [-0.3, -0.25) is 9.48 Å². The fourth-order valence-corrected chi connectivity index (χ4v) is 2.04. The highest BCUT2D eigenvalue weighted by molar-refractivity contribution is 9.09. The number of nitrogens with zero attached hydrogens (tertiary/aromatic N) is 2. The fraction of sp³-hybridized carbons (Fsp3) is 0.667. The van der Waals surface area contributed by atoms with Crippen molar-refractivity contribution in [2.75, 3.05) is 5.33 Å². The molecule has 2 rings (SSSR count). The van der Waals surface area contributed by atoms with Gasteiger partial charge in [0.05, 0.1) is 16.6 Å². The molecule has 0 spiro atoms. The lowest BCUT2D eigenvalue weighted by atomic mass is 10.1. The molecule has 0 aromatic carbocycles. The van der Waals surface area contributed by atoms with Crippen LogP contribution in [0.2, 0.25) is 0 Å². The number of hydrogen-bond acceptors (Lipinski definition) is 2. The van der Waals surface area contributed by atoms with E-state index < -0.39 is 0 Å². The number of alkyl halides is 1. The number of halogens is 1. The monoisotopic (exact) mass is 284 g/mol. The first-order valence-electron chi connectivity index (χ1n) is 5.63. The zero-order chi connectivity index (χ0) is 11.9. The summed E-state index contributed by atoms with van der Waals surface area (Å²) in [7, 11) is 0. The van der Waals surface area contributed by atoms with Gasteiger partial charge in [-0.25, -0.2) is 0 Å². The molecule has 0 unspecified atom stereocenters. The van der Waals surface area contributed by atoms with E-state index in [4.69, 9.17) is 0 Å². The van der Waals surface area contributed by atoms with E-state index in [-0.39, 0.29) is 11.3 Å². The van der Waals surface area contributed by atoms with Crippen LogP contribution in [0.4, 0.5) is 0 Å². The highest BCUT2D eigenvalue weighted by atomic mass is 79.9. The van der Waals surface area contributed by atoms with Crippen LogP contribution in [0.3, 0.4) is 0 Å². The first kappa shape index (κ1) is 11.8. The van der Waals surface area contributed by atoms with Crippen molar-refractivity contribution in [3.05, 3.63) is 17.5 Å². The van der Waals surface area contributed by atoms with E-state index in [0.717, 1.165) is 11.4 Å². The summed E-state index contributed by atoms with van der Waals surface area (Å²) in [4.78, 5) is 11.8. The predicted octanol–water partition coefficient (Wildman–Crippen LogP) is 3.09. The van der Waals surface area contributed by atoms with E-state index in [9.17, 15) is 4.79 Å². The Balaban J connectivity index is 2.43. The fourth-order valence-electron chi connectivity index (χ4n) is 1.76. The molecule has 1 aliphatic rings. The molecule has 16 heavy (non-hydrogen) atoms. The number of hydrogen-bond donors (Lipinski definition) is 0. The lowest BCUT2D eigenvalue weighted by Gasteiger charge is -2.21. The third-order valence-corrected chi connectivity index (χ3v) is 3.28. The van der Waals surface area contributed by atoms with Crippen molar-refractivity contribution in [2.45, 2.75) is 45.1 Å². The number of aromatic nitrogens is 2. The predicted molar refractivity (Wildman–Crippen MR) is 67.3 cm³/mol. The average Bonchev–Trinajstić information content (AvgIpc) is 2.94. The van der Waals surface area contributed by atoms with Crippen LogP contribution >= 0.6 is 15.9 Å². The first-order chi connectivity index (χ1) is 7.43. The SMILES string of the molecule is CC(C)(C)n1nc(C2CC2)cc1C(=O)CBr. The first-order valence-corrected chi connectivity index (χ1v) is 6.75. The maximum Gasteiger partial charge on any atom is 0.191 e. The summed E-state index contributed by atoms with van der Waals surface area (Å²) in [5.41, 5.74) is 1.67. The van der Waals surface area contributed by atoms with Gasteiger partial charge in [-0.2, -0.15) is 5.10 Å². The normalized spacial score (nSPS) is 16.5. The third-order valence-electron chi connectivity index (χ3n) is 2.77. The zero-order valence-corrected chi connectivity index (χ0v) is 11.5. The maximum absolute atomic E-state index is 11.8. The second-order valence-corrected chi connectivity index (χ2v) is 5.93. The topological polar surface area (TPSA) is 34.9 Å². The Hall–Kier alpha value is -0.640. The number of rotatable bonds is 3. The van der Waals surface area contributed by atoms with Gasteiger partial charge in [0, 0.05) is 5.92 Å². The minimum absolute atomic E-state index is 0.106. The number of ketones is 1. The van der Waals surface area contributed by atoms with Crippen LogP contribution in [0.5, 0.6) is 0 Å². The molecule has 1 aromatic rings. The quantitative estimate of drug-likeness (QED) is 0.632. The molecule has 1 fully saturated rings. The zero-order valence-electron chi connectivity index (χ0n) is 9.96. The lowest BCUT2D eigenvalue weighted by molar-refractivity contribution is 0.100. The number of carbonyl (C=O) groups is 1. The van der Waals surface area contributed by atoms with E-state index >= 15 is 0 Å². The smallest absolute Gasteiger partial charge is 0.191 e. The molecule has 0 N–H and O–H groups in total. The Morgan fingerprint density at radius 1 is 1.56 bits per heavy atom. The van der Waals surface area contributed by atoms with Crippen molar-refractivity contribution in [2.24, 2.45) is 0 Å². The molecule has 1 saturated carbocycles. The summed E-state index contributed by atoms with van der Waals surface area (Å²) < 4.78 is 1.87.